The number of hydrogen-bond acceptors (Lipinski definition) is 6. The maximum Gasteiger partial charge on any atom is 0.305 e. The van der Waals surface area contributed by atoms with Crippen molar-refractivity contribution in [2.24, 2.45) is 0 Å². The quantitative estimate of drug-likeness (QED) is 0.502. The number of rotatable bonds is 9. The number of nitrogens with one attached hydrogen (secondary N) is 2. The Bertz CT molecular complexity index is 532. The minimum Gasteiger partial charge on any atom is -0.469 e. The average molecular weight is 374 g/mol. The highest BCUT2D eigenvalue weighted by Gasteiger charge is 2.18. The molecule has 2 N–H and O–H groups in total. The number of aromatic nitrogens is 3. The van der Waals surface area contributed by atoms with Crippen LogP contribution in [0.25, 0.3) is 0 Å². The van der Waals surface area contributed by atoms with Crippen molar-refractivity contribution < 1.29 is 14.3 Å². The fourth-order valence-electron chi connectivity index (χ4n) is 2.77. The summed E-state index contributed by atoms with van der Waals surface area (Å²) < 4.78 is 6.40. The Kier molecular flexibility index (Phi) is 10.1. The smallest absolute Gasteiger partial charge is 0.305 e. The number of halogens is 1. The van der Waals surface area contributed by atoms with Crippen LogP contribution in [0.3, 0.4) is 0 Å². The molecule has 1 saturated heterocycles. The summed E-state index contributed by atoms with van der Waals surface area (Å²) >= 11 is 0. The third-order valence-corrected chi connectivity index (χ3v) is 4.25. The van der Waals surface area contributed by atoms with Gasteiger partial charge in [0.15, 0.2) is 5.69 Å². The SMILES string of the molecule is COC(=O)CCCCCCNC(=O)c1cn(C2CCNCC2)nn1.Cl. The first-order chi connectivity index (χ1) is 11.7. The molecule has 2 heterocycles. The number of carbonyl (C=O) groups excluding carboxylic acids is 2. The number of carbonyl (C=O) groups is 2. The van der Waals surface area contributed by atoms with E-state index in [0.29, 0.717) is 24.7 Å². The second-order valence-corrected chi connectivity index (χ2v) is 6.06. The summed E-state index contributed by atoms with van der Waals surface area (Å²) in [6.07, 6.45) is 7.85. The second-order valence-electron chi connectivity index (χ2n) is 6.06. The molecule has 1 aromatic rings. The molecule has 0 radical (unpaired) electrons. The van der Waals surface area contributed by atoms with Crippen LogP contribution in [0.2, 0.25) is 0 Å². The zero-order chi connectivity index (χ0) is 17.2. The van der Waals surface area contributed by atoms with Crippen molar-refractivity contribution in [2.45, 2.75) is 51.0 Å². The van der Waals surface area contributed by atoms with Crippen LogP contribution in [0.1, 0.15) is 61.5 Å². The van der Waals surface area contributed by atoms with Crippen LogP contribution in [0.4, 0.5) is 0 Å². The Hall–Kier alpha value is -1.67. The first kappa shape index (κ1) is 21.4. The van der Waals surface area contributed by atoms with Crippen molar-refractivity contribution in [3.8, 4) is 0 Å². The summed E-state index contributed by atoms with van der Waals surface area (Å²) in [6.45, 7) is 2.56. The van der Waals surface area contributed by atoms with Crippen molar-refractivity contribution in [2.75, 3.05) is 26.7 Å². The predicted octanol–water partition coefficient (Wildman–Crippen LogP) is 1.48. The lowest BCUT2D eigenvalue weighted by Gasteiger charge is -2.22. The highest BCUT2D eigenvalue weighted by Crippen LogP contribution is 2.16. The van der Waals surface area contributed by atoms with E-state index in [1.54, 1.807) is 6.20 Å². The molecular weight excluding hydrogens is 346 g/mol. The van der Waals surface area contributed by atoms with Gasteiger partial charge in [-0.2, -0.15) is 0 Å². The van der Waals surface area contributed by atoms with Crippen molar-refractivity contribution >= 4 is 24.3 Å². The number of methoxy groups -OCH3 is 1. The molecule has 25 heavy (non-hydrogen) atoms. The summed E-state index contributed by atoms with van der Waals surface area (Å²) in [5.41, 5.74) is 0.374. The highest BCUT2D eigenvalue weighted by atomic mass is 35.5. The van der Waals surface area contributed by atoms with E-state index < -0.39 is 0 Å². The summed E-state index contributed by atoms with van der Waals surface area (Å²) in [5, 5.41) is 14.2. The van der Waals surface area contributed by atoms with Gasteiger partial charge in [0.2, 0.25) is 0 Å². The van der Waals surface area contributed by atoms with Crippen molar-refractivity contribution in [1.29, 1.82) is 0 Å². The molecule has 2 rings (SSSR count). The summed E-state index contributed by atoms with van der Waals surface area (Å²) in [7, 11) is 1.40. The van der Waals surface area contributed by atoms with E-state index in [2.05, 4.69) is 25.7 Å². The zero-order valence-electron chi connectivity index (χ0n) is 14.7. The third kappa shape index (κ3) is 7.39. The van der Waals surface area contributed by atoms with Crippen LogP contribution < -0.4 is 10.6 Å². The number of hydrogen-bond donors (Lipinski definition) is 2. The van der Waals surface area contributed by atoms with Crippen molar-refractivity contribution in [3.05, 3.63) is 11.9 Å². The molecule has 0 atom stereocenters. The lowest BCUT2D eigenvalue weighted by atomic mass is 10.1. The molecule has 0 spiro atoms. The van der Waals surface area contributed by atoms with Gasteiger partial charge in [0.1, 0.15) is 0 Å². The predicted molar refractivity (Wildman–Crippen MR) is 95.8 cm³/mol. The zero-order valence-corrected chi connectivity index (χ0v) is 15.5. The standard InChI is InChI=1S/C16H27N5O3.ClH/c1-24-15(22)6-4-2-3-5-9-18-16(23)14-12-21(20-19-14)13-7-10-17-11-8-13;/h12-13,17H,2-11H2,1H3,(H,18,23);1H. The van der Waals surface area contributed by atoms with Gasteiger partial charge in [-0.05, 0) is 38.8 Å². The number of unbranched alkanes of at least 4 members (excludes halogenated alkanes) is 3. The van der Waals surface area contributed by atoms with Gasteiger partial charge in [0.25, 0.3) is 5.91 Å². The molecule has 1 fully saturated rings. The topological polar surface area (TPSA) is 98.1 Å². The number of ether oxygens (including phenoxy) is 1. The molecule has 1 aliphatic rings. The minimum atomic E-state index is -0.176. The fraction of sp³-hybridized carbons (Fsp3) is 0.750. The van der Waals surface area contributed by atoms with Crippen LogP contribution in [0.15, 0.2) is 6.20 Å². The van der Waals surface area contributed by atoms with Crippen LogP contribution in [0, 0.1) is 0 Å². The highest BCUT2D eigenvalue weighted by molar-refractivity contribution is 5.91. The van der Waals surface area contributed by atoms with Gasteiger partial charge < -0.3 is 15.4 Å². The van der Waals surface area contributed by atoms with Gasteiger partial charge in [-0.15, -0.1) is 17.5 Å². The molecule has 142 valence electrons. The lowest BCUT2D eigenvalue weighted by molar-refractivity contribution is -0.140. The Labute approximate surface area is 154 Å². The Morgan fingerprint density at radius 3 is 2.72 bits per heavy atom. The van der Waals surface area contributed by atoms with Gasteiger partial charge >= 0.3 is 5.97 Å². The van der Waals surface area contributed by atoms with Gasteiger partial charge in [0, 0.05) is 13.0 Å². The van der Waals surface area contributed by atoms with E-state index in [1.165, 1.54) is 7.11 Å². The van der Waals surface area contributed by atoms with Gasteiger partial charge in [-0.1, -0.05) is 18.1 Å². The Morgan fingerprint density at radius 1 is 1.28 bits per heavy atom. The number of piperidine rings is 1. The number of esters is 1. The summed E-state index contributed by atoms with van der Waals surface area (Å²) in [5.74, 6) is -0.343. The molecule has 0 aromatic carbocycles. The summed E-state index contributed by atoms with van der Waals surface area (Å²) in [4.78, 5) is 23.0. The van der Waals surface area contributed by atoms with E-state index in [4.69, 9.17) is 0 Å². The largest absolute Gasteiger partial charge is 0.469 e. The van der Waals surface area contributed by atoms with Crippen molar-refractivity contribution in [3.63, 3.8) is 0 Å². The van der Waals surface area contributed by atoms with Crippen LogP contribution >= 0.6 is 12.4 Å². The fourth-order valence-corrected chi connectivity index (χ4v) is 2.77. The molecule has 1 amide bonds. The minimum absolute atomic E-state index is 0. The Balaban J connectivity index is 0.00000312. The first-order valence-electron chi connectivity index (χ1n) is 8.68. The van der Waals surface area contributed by atoms with E-state index in [0.717, 1.165) is 51.6 Å². The Morgan fingerprint density at radius 2 is 2.00 bits per heavy atom. The van der Waals surface area contributed by atoms with E-state index in [-0.39, 0.29) is 24.3 Å². The second kappa shape index (κ2) is 11.8. The van der Waals surface area contributed by atoms with Gasteiger partial charge in [-0.3, -0.25) is 9.59 Å². The molecule has 0 aliphatic carbocycles. The molecule has 1 aliphatic heterocycles. The molecule has 0 unspecified atom stereocenters. The van der Waals surface area contributed by atoms with Crippen LogP contribution in [-0.2, 0) is 9.53 Å². The first-order valence-corrected chi connectivity index (χ1v) is 8.68. The normalized spacial score (nSPS) is 14.6. The number of amides is 1. The van der Waals surface area contributed by atoms with E-state index in [9.17, 15) is 9.59 Å². The molecule has 9 heteroatoms. The third-order valence-electron chi connectivity index (χ3n) is 4.25. The molecule has 0 saturated carbocycles. The lowest BCUT2D eigenvalue weighted by Crippen LogP contribution is -2.29. The van der Waals surface area contributed by atoms with Gasteiger partial charge in [0.05, 0.1) is 19.3 Å². The van der Waals surface area contributed by atoms with Crippen molar-refractivity contribution in [1.82, 2.24) is 25.6 Å². The molecular formula is C16H28ClN5O3. The molecule has 8 nitrogen and oxygen atoms in total. The summed E-state index contributed by atoms with van der Waals surface area (Å²) in [6, 6.07) is 0.329. The van der Waals surface area contributed by atoms with Gasteiger partial charge in [-0.25, -0.2) is 4.68 Å². The number of nitrogens with zero attached hydrogens (tertiary/aromatic N) is 3. The monoisotopic (exact) mass is 373 g/mol. The molecule has 1 aromatic heterocycles. The maximum atomic E-state index is 12.1. The molecule has 0 bridgehead atoms. The van der Waals surface area contributed by atoms with E-state index >= 15 is 0 Å². The average Bonchev–Trinajstić information content (AvgIpc) is 3.11. The van der Waals surface area contributed by atoms with E-state index in [1.807, 2.05) is 4.68 Å². The van der Waals surface area contributed by atoms with Crippen LogP contribution in [0.5, 0.6) is 0 Å². The maximum absolute atomic E-state index is 12.1. The van der Waals surface area contributed by atoms with Crippen LogP contribution in [-0.4, -0.2) is 53.6 Å².